The van der Waals surface area contributed by atoms with Crippen molar-refractivity contribution in [2.45, 2.75) is 6.92 Å². The van der Waals surface area contributed by atoms with Crippen LogP contribution in [0.25, 0.3) is 10.9 Å². The molecule has 0 unspecified atom stereocenters. The number of fused-ring (bicyclic) bond motifs is 1. The van der Waals surface area contributed by atoms with Crippen LogP contribution in [-0.2, 0) is 0 Å². The first-order valence-corrected chi connectivity index (χ1v) is 5.17. The molecule has 0 amide bonds. The van der Waals surface area contributed by atoms with E-state index in [1.165, 1.54) is 0 Å². The topological polar surface area (TPSA) is 50.2 Å². The van der Waals surface area contributed by atoms with Gasteiger partial charge in [-0.2, -0.15) is 0 Å². The Labute approximate surface area is 94.9 Å². The van der Waals surface area contributed by atoms with Gasteiger partial charge in [0.15, 0.2) is 0 Å². The van der Waals surface area contributed by atoms with Crippen molar-refractivity contribution in [1.29, 1.82) is 0 Å². The van der Waals surface area contributed by atoms with Gasteiger partial charge in [0.2, 0.25) is 0 Å². The molecule has 0 saturated heterocycles. The first-order chi connectivity index (χ1) is 7.08. The molecule has 0 radical (unpaired) electrons. The average molecular weight is 266 g/mol. The maximum Gasteiger partial charge on any atom is 0.337 e. The van der Waals surface area contributed by atoms with Crippen molar-refractivity contribution in [3.63, 3.8) is 0 Å². The van der Waals surface area contributed by atoms with Gasteiger partial charge in [0, 0.05) is 15.6 Å². The molecule has 0 saturated carbocycles. The van der Waals surface area contributed by atoms with E-state index in [1.54, 1.807) is 6.07 Å². The highest BCUT2D eigenvalue weighted by molar-refractivity contribution is 9.10. The number of benzene rings is 1. The first-order valence-electron chi connectivity index (χ1n) is 4.38. The standard InChI is InChI=1S/C11H8BrNO2/c1-6-2-3-7-4-8(12)5-9(11(14)15)10(7)13-6/h2-5H,1H3,(H,14,15). The highest BCUT2D eigenvalue weighted by Crippen LogP contribution is 2.23. The van der Waals surface area contributed by atoms with Crippen LogP contribution in [0.2, 0.25) is 0 Å². The zero-order valence-corrected chi connectivity index (χ0v) is 9.58. The lowest BCUT2D eigenvalue weighted by molar-refractivity contribution is 0.0699. The summed E-state index contributed by atoms with van der Waals surface area (Å²) >= 11 is 3.28. The van der Waals surface area contributed by atoms with Crippen LogP contribution in [0.1, 0.15) is 16.1 Å². The Hall–Kier alpha value is -1.42. The second kappa shape index (κ2) is 3.62. The van der Waals surface area contributed by atoms with Gasteiger partial charge in [0.1, 0.15) is 0 Å². The third kappa shape index (κ3) is 1.85. The number of nitrogens with zero attached hydrogens (tertiary/aromatic N) is 1. The van der Waals surface area contributed by atoms with E-state index in [9.17, 15) is 4.79 Å². The smallest absolute Gasteiger partial charge is 0.337 e. The summed E-state index contributed by atoms with van der Waals surface area (Å²) in [6.07, 6.45) is 0. The lowest BCUT2D eigenvalue weighted by Crippen LogP contribution is -1.99. The van der Waals surface area contributed by atoms with Gasteiger partial charge in [-0.05, 0) is 25.1 Å². The van der Waals surface area contributed by atoms with Crippen LogP contribution in [0.4, 0.5) is 0 Å². The third-order valence-corrected chi connectivity index (χ3v) is 2.58. The molecule has 4 heteroatoms. The van der Waals surface area contributed by atoms with Crippen LogP contribution in [-0.4, -0.2) is 16.1 Å². The Morgan fingerprint density at radius 2 is 2.13 bits per heavy atom. The van der Waals surface area contributed by atoms with Crippen LogP contribution >= 0.6 is 15.9 Å². The molecule has 0 aliphatic heterocycles. The van der Waals surface area contributed by atoms with Gasteiger partial charge in [-0.3, -0.25) is 4.98 Å². The largest absolute Gasteiger partial charge is 0.478 e. The molecule has 0 aliphatic carbocycles. The number of aromatic carboxylic acids is 1. The van der Waals surface area contributed by atoms with Crippen molar-refractivity contribution in [3.8, 4) is 0 Å². The predicted molar refractivity (Wildman–Crippen MR) is 61.1 cm³/mol. The molecule has 76 valence electrons. The number of rotatable bonds is 1. The van der Waals surface area contributed by atoms with Gasteiger partial charge < -0.3 is 5.11 Å². The van der Waals surface area contributed by atoms with Gasteiger partial charge in [0.05, 0.1) is 11.1 Å². The molecule has 15 heavy (non-hydrogen) atoms. The molecule has 1 aromatic heterocycles. The number of carboxylic acids is 1. The number of carbonyl (C=O) groups is 1. The second-order valence-corrected chi connectivity index (χ2v) is 4.20. The minimum absolute atomic E-state index is 0.225. The van der Waals surface area contributed by atoms with E-state index in [1.807, 2.05) is 25.1 Å². The number of hydrogen-bond donors (Lipinski definition) is 1. The monoisotopic (exact) mass is 265 g/mol. The number of hydrogen-bond acceptors (Lipinski definition) is 2. The first kappa shape index (κ1) is 10.1. The summed E-state index contributed by atoms with van der Waals surface area (Å²) in [5, 5.41) is 9.86. The molecule has 3 nitrogen and oxygen atoms in total. The van der Waals surface area contributed by atoms with Crippen LogP contribution < -0.4 is 0 Å². The number of aromatic nitrogens is 1. The summed E-state index contributed by atoms with van der Waals surface area (Å²) in [5.74, 6) is -0.959. The van der Waals surface area contributed by atoms with Crippen molar-refractivity contribution in [2.75, 3.05) is 0 Å². The van der Waals surface area contributed by atoms with Crippen molar-refractivity contribution in [1.82, 2.24) is 4.98 Å². The van der Waals surface area contributed by atoms with Gasteiger partial charge >= 0.3 is 5.97 Å². The number of halogens is 1. The predicted octanol–water partition coefficient (Wildman–Crippen LogP) is 3.00. The van der Waals surface area contributed by atoms with Gasteiger partial charge in [-0.15, -0.1) is 0 Å². The summed E-state index contributed by atoms with van der Waals surface area (Å²) in [4.78, 5) is 15.3. The lowest BCUT2D eigenvalue weighted by Gasteiger charge is -2.03. The molecule has 1 aromatic carbocycles. The average Bonchev–Trinajstić information content (AvgIpc) is 2.17. The zero-order valence-electron chi connectivity index (χ0n) is 7.99. The van der Waals surface area contributed by atoms with Crippen LogP contribution in [0.3, 0.4) is 0 Å². The molecule has 2 aromatic rings. The van der Waals surface area contributed by atoms with E-state index < -0.39 is 5.97 Å². The summed E-state index contributed by atoms with van der Waals surface area (Å²) in [6.45, 7) is 1.84. The van der Waals surface area contributed by atoms with E-state index in [0.29, 0.717) is 5.52 Å². The second-order valence-electron chi connectivity index (χ2n) is 3.28. The maximum absolute atomic E-state index is 11.0. The van der Waals surface area contributed by atoms with Gasteiger partial charge in [-0.1, -0.05) is 22.0 Å². The van der Waals surface area contributed by atoms with Crippen LogP contribution in [0, 0.1) is 6.92 Å². The Morgan fingerprint density at radius 1 is 1.40 bits per heavy atom. The molecule has 0 fully saturated rings. The van der Waals surface area contributed by atoms with Crippen molar-refractivity contribution >= 4 is 32.8 Å². The van der Waals surface area contributed by atoms with Crippen LogP contribution in [0.15, 0.2) is 28.7 Å². The van der Waals surface area contributed by atoms with Gasteiger partial charge in [-0.25, -0.2) is 4.79 Å². The zero-order chi connectivity index (χ0) is 11.0. The Kier molecular flexibility index (Phi) is 2.44. The maximum atomic E-state index is 11.0. The van der Waals surface area contributed by atoms with E-state index in [-0.39, 0.29) is 5.56 Å². The van der Waals surface area contributed by atoms with Gasteiger partial charge in [0.25, 0.3) is 0 Å². The Bertz CT molecular complexity index is 552. The summed E-state index contributed by atoms with van der Waals surface area (Å²) in [6, 6.07) is 7.15. The highest BCUT2D eigenvalue weighted by Gasteiger charge is 2.10. The minimum atomic E-state index is -0.959. The fourth-order valence-corrected chi connectivity index (χ4v) is 1.93. The number of pyridine rings is 1. The van der Waals surface area contributed by atoms with E-state index in [4.69, 9.17) is 5.11 Å². The number of carboxylic acid groups (broad SMARTS) is 1. The van der Waals surface area contributed by atoms with Crippen LogP contribution in [0.5, 0.6) is 0 Å². The lowest BCUT2D eigenvalue weighted by atomic mass is 10.1. The Balaban J connectivity index is 2.87. The SMILES string of the molecule is Cc1ccc2cc(Br)cc(C(=O)O)c2n1. The molecular weight excluding hydrogens is 258 g/mol. The van der Waals surface area contributed by atoms with E-state index in [2.05, 4.69) is 20.9 Å². The summed E-state index contributed by atoms with van der Waals surface area (Å²) < 4.78 is 0.748. The Morgan fingerprint density at radius 3 is 2.80 bits per heavy atom. The normalized spacial score (nSPS) is 10.5. The molecule has 0 bridgehead atoms. The fourth-order valence-electron chi connectivity index (χ4n) is 1.46. The quantitative estimate of drug-likeness (QED) is 0.863. The van der Waals surface area contributed by atoms with Crippen molar-refractivity contribution in [3.05, 3.63) is 40.0 Å². The van der Waals surface area contributed by atoms with E-state index >= 15 is 0 Å². The number of aryl methyl sites for hydroxylation is 1. The molecule has 0 aliphatic rings. The summed E-state index contributed by atoms with van der Waals surface area (Å²) in [5.41, 5.74) is 1.57. The minimum Gasteiger partial charge on any atom is -0.478 e. The summed E-state index contributed by atoms with van der Waals surface area (Å²) in [7, 11) is 0. The van der Waals surface area contributed by atoms with E-state index in [0.717, 1.165) is 15.6 Å². The molecule has 0 spiro atoms. The molecule has 2 rings (SSSR count). The highest BCUT2D eigenvalue weighted by atomic mass is 79.9. The molecule has 1 N–H and O–H groups in total. The van der Waals surface area contributed by atoms with Crippen molar-refractivity contribution in [2.24, 2.45) is 0 Å². The fraction of sp³-hybridized carbons (Fsp3) is 0.0909. The molecular formula is C11H8BrNO2. The van der Waals surface area contributed by atoms with Crippen molar-refractivity contribution < 1.29 is 9.90 Å². The molecule has 0 atom stereocenters. The third-order valence-electron chi connectivity index (χ3n) is 2.13. The molecule has 1 heterocycles.